The first-order valence-electron chi connectivity index (χ1n) is 9.98. The van der Waals surface area contributed by atoms with E-state index in [1.54, 1.807) is 18.2 Å². The smallest absolute Gasteiger partial charge is 0.267 e. The Hall–Kier alpha value is -3.81. The molecule has 1 aliphatic rings. The van der Waals surface area contributed by atoms with Crippen LogP contribution in [0.5, 0.6) is 0 Å². The van der Waals surface area contributed by atoms with E-state index >= 15 is 0 Å². The van der Waals surface area contributed by atoms with Gasteiger partial charge >= 0.3 is 0 Å². The van der Waals surface area contributed by atoms with Crippen LogP contribution in [0.3, 0.4) is 0 Å². The Morgan fingerprint density at radius 3 is 2.55 bits per heavy atom. The minimum Gasteiger partial charge on any atom is -0.398 e. The summed E-state index contributed by atoms with van der Waals surface area (Å²) in [7, 11) is 0. The predicted octanol–water partition coefficient (Wildman–Crippen LogP) is 2.23. The normalized spacial score (nSPS) is 15.6. The molecule has 0 saturated carbocycles. The zero-order valence-electron chi connectivity index (χ0n) is 16.8. The molecular weight excluding hydrogens is 397 g/mol. The van der Waals surface area contributed by atoms with Crippen LogP contribution in [-0.2, 0) is 17.6 Å². The van der Waals surface area contributed by atoms with Crippen molar-refractivity contribution in [3.63, 3.8) is 0 Å². The van der Waals surface area contributed by atoms with Crippen molar-refractivity contribution in [2.24, 2.45) is 11.7 Å². The summed E-state index contributed by atoms with van der Waals surface area (Å²) in [4.78, 5) is 32.5. The van der Waals surface area contributed by atoms with Crippen LogP contribution < -0.4 is 16.8 Å². The molecule has 8 heteroatoms. The number of aromatic nitrogens is 2. The summed E-state index contributed by atoms with van der Waals surface area (Å²) in [5, 5.41) is 2.80. The van der Waals surface area contributed by atoms with Gasteiger partial charge in [-0.25, -0.2) is 14.4 Å². The summed E-state index contributed by atoms with van der Waals surface area (Å²) in [5.74, 6) is -0.835. The van der Waals surface area contributed by atoms with Gasteiger partial charge in [-0.05, 0) is 48.2 Å². The molecule has 2 amide bonds. The predicted molar refractivity (Wildman–Crippen MR) is 114 cm³/mol. The summed E-state index contributed by atoms with van der Waals surface area (Å²) in [6.45, 7) is 0.635. The molecule has 1 fully saturated rings. The van der Waals surface area contributed by atoms with Crippen molar-refractivity contribution in [3.05, 3.63) is 76.9 Å². The quantitative estimate of drug-likeness (QED) is 0.529. The maximum Gasteiger partial charge on any atom is 0.267 e. The lowest BCUT2D eigenvalue weighted by molar-refractivity contribution is -0.122. The lowest BCUT2D eigenvalue weighted by atomic mass is 10.00. The fourth-order valence-electron chi connectivity index (χ4n) is 3.67. The van der Waals surface area contributed by atoms with Gasteiger partial charge in [-0.3, -0.25) is 9.59 Å². The number of carbonyl (C=O) groups excluding carboxylic acids is 2. The van der Waals surface area contributed by atoms with Crippen LogP contribution in [0.1, 0.15) is 33.7 Å². The van der Waals surface area contributed by atoms with E-state index in [0.717, 1.165) is 17.5 Å². The maximum atomic E-state index is 13.1. The number of nitrogens with zero attached hydrogens (tertiary/aromatic N) is 2. The molecule has 31 heavy (non-hydrogen) atoms. The Bertz CT molecular complexity index is 1150. The summed E-state index contributed by atoms with van der Waals surface area (Å²) in [6.07, 6.45) is 1.67. The van der Waals surface area contributed by atoms with Gasteiger partial charge in [-0.2, -0.15) is 0 Å². The monoisotopic (exact) mass is 419 g/mol. The van der Waals surface area contributed by atoms with E-state index in [9.17, 15) is 14.0 Å². The van der Waals surface area contributed by atoms with E-state index in [1.807, 2.05) is 12.1 Å². The fraction of sp³-hybridized carbons (Fsp3) is 0.217. The Morgan fingerprint density at radius 1 is 1.13 bits per heavy atom. The number of nitrogens with one attached hydrogen (secondary N) is 1. The highest BCUT2D eigenvalue weighted by Gasteiger charge is 2.25. The standard InChI is InChI=1S/C23H22FN5O2/c24-17-5-1-13(2-6-17)9-14-3-4-15(11-19(14)25)22-28-18(12-20(29-22)21(26)30)10-16-7-8-27-23(16)31/h1-6,11-12,16H,7-10,25H2,(H2,26,30)(H,27,31)/t16-/m1/s1. The number of hydrogen-bond acceptors (Lipinski definition) is 5. The lowest BCUT2D eigenvalue weighted by Gasteiger charge is -2.11. The van der Waals surface area contributed by atoms with Gasteiger partial charge in [-0.1, -0.05) is 24.3 Å². The van der Waals surface area contributed by atoms with E-state index in [0.29, 0.717) is 42.2 Å². The van der Waals surface area contributed by atoms with Gasteiger partial charge < -0.3 is 16.8 Å². The topological polar surface area (TPSA) is 124 Å². The number of primary amides is 1. The van der Waals surface area contributed by atoms with Crippen LogP contribution in [0, 0.1) is 11.7 Å². The van der Waals surface area contributed by atoms with E-state index in [4.69, 9.17) is 11.5 Å². The van der Waals surface area contributed by atoms with Crippen LogP contribution in [0.4, 0.5) is 10.1 Å². The molecule has 0 bridgehead atoms. The zero-order chi connectivity index (χ0) is 22.0. The average Bonchev–Trinajstić information content (AvgIpc) is 3.15. The van der Waals surface area contributed by atoms with Crippen molar-refractivity contribution < 1.29 is 14.0 Å². The second kappa shape index (κ2) is 8.51. The van der Waals surface area contributed by atoms with E-state index < -0.39 is 5.91 Å². The first-order chi connectivity index (χ1) is 14.9. The third kappa shape index (κ3) is 4.69. The summed E-state index contributed by atoms with van der Waals surface area (Å²) in [6, 6.07) is 13.2. The molecule has 1 atom stereocenters. The van der Waals surface area contributed by atoms with Gasteiger partial charge in [0.15, 0.2) is 5.82 Å². The molecule has 5 N–H and O–H groups in total. The van der Waals surface area contributed by atoms with Gasteiger partial charge in [0, 0.05) is 35.8 Å². The Morgan fingerprint density at radius 2 is 1.90 bits per heavy atom. The summed E-state index contributed by atoms with van der Waals surface area (Å²) < 4.78 is 13.1. The summed E-state index contributed by atoms with van der Waals surface area (Å²) in [5.41, 5.74) is 15.4. The molecule has 4 rings (SSSR count). The first-order valence-corrected chi connectivity index (χ1v) is 9.98. The lowest BCUT2D eigenvalue weighted by Crippen LogP contribution is -2.21. The number of nitrogen functional groups attached to an aromatic ring is 1. The molecule has 158 valence electrons. The Kier molecular flexibility index (Phi) is 5.62. The number of carbonyl (C=O) groups is 2. The highest BCUT2D eigenvalue weighted by atomic mass is 19.1. The highest BCUT2D eigenvalue weighted by Crippen LogP contribution is 2.25. The van der Waals surface area contributed by atoms with Gasteiger partial charge in [0.2, 0.25) is 5.91 Å². The number of nitrogens with two attached hydrogens (primary N) is 2. The van der Waals surface area contributed by atoms with Crippen molar-refractivity contribution in [1.29, 1.82) is 0 Å². The molecule has 0 radical (unpaired) electrons. The molecule has 2 aromatic carbocycles. The molecule has 0 spiro atoms. The van der Waals surface area contributed by atoms with E-state index in [-0.39, 0.29) is 23.3 Å². The van der Waals surface area contributed by atoms with Crippen LogP contribution >= 0.6 is 0 Å². The fourth-order valence-corrected chi connectivity index (χ4v) is 3.67. The van der Waals surface area contributed by atoms with Gasteiger partial charge in [-0.15, -0.1) is 0 Å². The van der Waals surface area contributed by atoms with Gasteiger partial charge in [0.05, 0.1) is 0 Å². The van der Waals surface area contributed by atoms with Gasteiger partial charge in [0.25, 0.3) is 5.91 Å². The molecule has 0 aliphatic carbocycles. The minimum atomic E-state index is -0.665. The third-order valence-corrected chi connectivity index (χ3v) is 5.36. The largest absolute Gasteiger partial charge is 0.398 e. The van der Waals surface area contributed by atoms with Crippen LogP contribution in [0.2, 0.25) is 0 Å². The van der Waals surface area contributed by atoms with Crippen molar-refractivity contribution in [3.8, 4) is 11.4 Å². The Labute approximate surface area is 178 Å². The van der Waals surface area contributed by atoms with Crippen molar-refractivity contribution in [2.75, 3.05) is 12.3 Å². The molecule has 1 aromatic heterocycles. The third-order valence-electron chi connectivity index (χ3n) is 5.36. The molecule has 2 heterocycles. The number of hydrogen-bond donors (Lipinski definition) is 3. The van der Waals surface area contributed by atoms with Crippen molar-refractivity contribution >= 4 is 17.5 Å². The van der Waals surface area contributed by atoms with Crippen molar-refractivity contribution in [1.82, 2.24) is 15.3 Å². The first kappa shape index (κ1) is 20.5. The zero-order valence-corrected chi connectivity index (χ0v) is 16.8. The number of halogens is 1. The molecule has 7 nitrogen and oxygen atoms in total. The van der Waals surface area contributed by atoms with E-state index in [1.165, 1.54) is 18.2 Å². The van der Waals surface area contributed by atoms with Crippen LogP contribution in [-0.4, -0.2) is 28.3 Å². The number of rotatable bonds is 6. The molecule has 1 aliphatic heterocycles. The van der Waals surface area contributed by atoms with Crippen LogP contribution in [0.25, 0.3) is 11.4 Å². The minimum absolute atomic E-state index is 0.0184. The molecule has 0 unspecified atom stereocenters. The number of anilines is 1. The second-order valence-electron chi connectivity index (χ2n) is 7.63. The summed E-state index contributed by atoms with van der Waals surface area (Å²) >= 11 is 0. The van der Waals surface area contributed by atoms with Crippen LogP contribution in [0.15, 0.2) is 48.5 Å². The van der Waals surface area contributed by atoms with Crippen molar-refractivity contribution in [2.45, 2.75) is 19.3 Å². The number of amides is 2. The highest BCUT2D eigenvalue weighted by molar-refractivity contribution is 5.91. The average molecular weight is 419 g/mol. The SMILES string of the molecule is NC(=O)c1cc(C[C@H]2CCNC2=O)nc(-c2ccc(Cc3ccc(F)cc3)c(N)c2)n1. The maximum absolute atomic E-state index is 13.1. The number of benzene rings is 2. The molecule has 1 saturated heterocycles. The molecule has 3 aromatic rings. The second-order valence-corrected chi connectivity index (χ2v) is 7.63. The van der Waals surface area contributed by atoms with E-state index in [2.05, 4.69) is 15.3 Å². The van der Waals surface area contributed by atoms with Gasteiger partial charge in [0.1, 0.15) is 11.5 Å². The molecular formula is C23H22FN5O2. The Balaban J connectivity index is 1.63.